The van der Waals surface area contributed by atoms with E-state index in [4.69, 9.17) is 4.74 Å². The average Bonchev–Trinajstić information content (AvgIpc) is 2.44. The maximum absolute atomic E-state index is 11.5. The first-order valence-corrected chi connectivity index (χ1v) is 4.58. The smallest absolute Gasteiger partial charge is 0.144 e. The van der Waals surface area contributed by atoms with Crippen LogP contribution in [-0.2, 0) is 9.53 Å². The molecule has 1 aliphatic heterocycles. The number of ketones is 1. The van der Waals surface area contributed by atoms with Gasteiger partial charge in [0.25, 0.3) is 0 Å². The number of fused-ring (bicyclic) bond motifs is 1. The van der Waals surface area contributed by atoms with Crippen molar-refractivity contribution in [3.8, 4) is 0 Å². The number of Topliss-reactive ketones (excluding diaryl/α,β-unsaturated/α-hetero) is 1. The summed E-state index contributed by atoms with van der Waals surface area (Å²) in [6.07, 6.45) is 5.83. The van der Waals surface area contributed by atoms with Crippen LogP contribution in [0.5, 0.6) is 0 Å². The lowest BCUT2D eigenvalue weighted by Gasteiger charge is -2.10. The highest BCUT2D eigenvalue weighted by Gasteiger charge is 2.69. The van der Waals surface area contributed by atoms with Crippen LogP contribution in [0.2, 0.25) is 0 Å². The molecule has 0 bridgehead atoms. The van der Waals surface area contributed by atoms with Crippen molar-refractivity contribution in [1.29, 1.82) is 0 Å². The minimum Gasteiger partial charge on any atom is -0.496 e. The van der Waals surface area contributed by atoms with Crippen LogP contribution in [0, 0.1) is 11.3 Å². The zero-order valence-electron chi connectivity index (χ0n) is 8.20. The van der Waals surface area contributed by atoms with Gasteiger partial charge in [-0.1, -0.05) is 11.6 Å². The molecule has 2 rings (SSSR count). The van der Waals surface area contributed by atoms with Crippen molar-refractivity contribution in [3.05, 3.63) is 24.0 Å². The fourth-order valence-corrected chi connectivity index (χ4v) is 2.27. The normalized spacial score (nSPS) is 39.3. The first kappa shape index (κ1) is 8.54. The third-order valence-corrected chi connectivity index (χ3v) is 2.89. The van der Waals surface area contributed by atoms with Crippen LogP contribution < -0.4 is 0 Å². The summed E-state index contributed by atoms with van der Waals surface area (Å²) in [5.74, 6) is 0.507. The zero-order valence-corrected chi connectivity index (χ0v) is 8.20. The van der Waals surface area contributed by atoms with Crippen molar-refractivity contribution in [2.75, 3.05) is 0 Å². The van der Waals surface area contributed by atoms with E-state index in [1.807, 2.05) is 26.0 Å². The molecule has 0 saturated heterocycles. The van der Waals surface area contributed by atoms with Gasteiger partial charge in [-0.15, -0.1) is 0 Å². The second-order valence-electron chi connectivity index (χ2n) is 4.12. The van der Waals surface area contributed by atoms with Crippen LogP contribution in [0.15, 0.2) is 24.0 Å². The number of hydrogen-bond acceptors (Lipinski definition) is 2. The molecule has 0 radical (unpaired) electrons. The predicted molar refractivity (Wildman–Crippen MR) is 50.0 cm³/mol. The van der Waals surface area contributed by atoms with Crippen molar-refractivity contribution >= 4 is 5.78 Å². The van der Waals surface area contributed by atoms with E-state index in [1.165, 1.54) is 5.57 Å². The van der Waals surface area contributed by atoms with Gasteiger partial charge in [0.05, 0.1) is 11.7 Å². The van der Waals surface area contributed by atoms with Crippen LogP contribution in [0.4, 0.5) is 0 Å². The van der Waals surface area contributed by atoms with Crippen LogP contribution >= 0.6 is 0 Å². The molecule has 0 spiro atoms. The summed E-state index contributed by atoms with van der Waals surface area (Å²) >= 11 is 0. The summed E-state index contributed by atoms with van der Waals surface area (Å²) in [6.45, 7) is 5.68. The van der Waals surface area contributed by atoms with Crippen LogP contribution in [0.3, 0.4) is 0 Å². The maximum atomic E-state index is 11.5. The number of carbonyl (C=O) groups excluding carboxylic acids is 1. The van der Waals surface area contributed by atoms with Gasteiger partial charge < -0.3 is 4.74 Å². The van der Waals surface area contributed by atoms with Gasteiger partial charge in [0.1, 0.15) is 11.9 Å². The topological polar surface area (TPSA) is 26.3 Å². The summed E-state index contributed by atoms with van der Waals surface area (Å²) in [5, 5.41) is 0. The molecule has 1 saturated carbocycles. The van der Waals surface area contributed by atoms with Gasteiger partial charge in [-0.25, -0.2) is 0 Å². The van der Waals surface area contributed by atoms with Gasteiger partial charge in [0, 0.05) is 5.92 Å². The van der Waals surface area contributed by atoms with Crippen molar-refractivity contribution in [1.82, 2.24) is 0 Å². The molecule has 0 N–H and O–H groups in total. The Labute approximate surface area is 78.3 Å². The number of allylic oxidation sites excluding steroid dienone is 1. The maximum Gasteiger partial charge on any atom is 0.144 e. The lowest BCUT2D eigenvalue weighted by atomic mass is 9.95. The fraction of sp³-hybridized carbons (Fsp3) is 0.545. The minimum atomic E-state index is -0.326. The Hall–Kier alpha value is -1.05. The zero-order chi connectivity index (χ0) is 9.64. The average molecular weight is 178 g/mol. The summed E-state index contributed by atoms with van der Waals surface area (Å²) < 4.78 is 5.36. The Kier molecular flexibility index (Phi) is 1.62. The fourth-order valence-electron chi connectivity index (χ4n) is 2.27. The Morgan fingerprint density at radius 1 is 1.46 bits per heavy atom. The molecular weight excluding hydrogens is 164 g/mol. The third-order valence-electron chi connectivity index (χ3n) is 2.89. The Balaban J connectivity index is 2.32. The van der Waals surface area contributed by atoms with Crippen LogP contribution in [0.25, 0.3) is 0 Å². The van der Waals surface area contributed by atoms with E-state index < -0.39 is 0 Å². The van der Waals surface area contributed by atoms with Gasteiger partial charge >= 0.3 is 0 Å². The van der Waals surface area contributed by atoms with Gasteiger partial charge in [0.2, 0.25) is 0 Å². The highest BCUT2D eigenvalue weighted by atomic mass is 16.5. The van der Waals surface area contributed by atoms with Gasteiger partial charge in [0.15, 0.2) is 0 Å². The highest BCUT2D eigenvalue weighted by molar-refractivity contribution is 5.90. The molecular formula is C11H14O2. The van der Waals surface area contributed by atoms with E-state index >= 15 is 0 Å². The molecule has 13 heavy (non-hydrogen) atoms. The van der Waals surface area contributed by atoms with Crippen molar-refractivity contribution in [3.63, 3.8) is 0 Å². The molecule has 1 aliphatic carbocycles. The minimum absolute atomic E-state index is 0.0832. The summed E-state index contributed by atoms with van der Waals surface area (Å²) in [4.78, 5) is 11.5. The van der Waals surface area contributed by atoms with E-state index in [1.54, 1.807) is 13.2 Å². The number of rotatable bonds is 2. The third kappa shape index (κ3) is 0.978. The molecule has 2 heteroatoms. The molecule has 0 aromatic carbocycles. The SMILES string of the molecule is CC(=O)C1(C=C(C)C)C2C=COC21. The molecule has 3 atom stereocenters. The quantitative estimate of drug-likeness (QED) is 0.605. The Morgan fingerprint density at radius 2 is 2.15 bits per heavy atom. The molecule has 2 nitrogen and oxygen atoms in total. The molecule has 0 aromatic rings. The van der Waals surface area contributed by atoms with E-state index in [0.717, 1.165) is 0 Å². The second kappa shape index (κ2) is 2.47. The monoisotopic (exact) mass is 178 g/mol. The highest BCUT2D eigenvalue weighted by Crippen LogP contribution is 2.60. The Bertz CT molecular complexity index is 310. The summed E-state index contributed by atoms with van der Waals surface area (Å²) in [5.41, 5.74) is 0.856. The first-order chi connectivity index (χ1) is 6.09. The lowest BCUT2D eigenvalue weighted by Crippen LogP contribution is -2.17. The summed E-state index contributed by atoms with van der Waals surface area (Å²) in [7, 11) is 0. The number of hydrogen-bond donors (Lipinski definition) is 0. The van der Waals surface area contributed by atoms with Gasteiger partial charge in [-0.05, 0) is 26.8 Å². The molecule has 70 valence electrons. The molecule has 1 heterocycles. The van der Waals surface area contributed by atoms with Crippen molar-refractivity contribution in [2.45, 2.75) is 26.9 Å². The first-order valence-electron chi connectivity index (χ1n) is 4.58. The number of ether oxygens (including phenoxy) is 1. The van der Waals surface area contributed by atoms with E-state index in [0.29, 0.717) is 5.92 Å². The molecule has 0 amide bonds. The number of carbonyl (C=O) groups is 1. The van der Waals surface area contributed by atoms with E-state index in [9.17, 15) is 4.79 Å². The van der Waals surface area contributed by atoms with Gasteiger partial charge in [-0.3, -0.25) is 4.79 Å². The Morgan fingerprint density at radius 3 is 2.54 bits per heavy atom. The molecule has 1 fully saturated rings. The molecule has 0 aromatic heterocycles. The largest absolute Gasteiger partial charge is 0.496 e. The van der Waals surface area contributed by atoms with Crippen LogP contribution in [0.1, 0.15) is 20.8 Å². The van der Waals surface area contributed by atoms with Gasteiger partial charge in [-0.2, -0.15) is 0 Å². The standard InChI is InChI=1S/C11H14O2/c1-7(2)6-11(8(3)12)9-4-5-13-10(9)11/h4-6,9-10H,1-3H3. The van der Waals surface area contributed by atoms with E-state index in [2.05, 4.69) is 0 Å². The molecule has 2 aliphatic rings. The van der Waals surface area contributed by atoms with Crippen molar-refractivity contribution < 1.29 is 9.53 Å². The lowest BCUT2D eigenvalue weighted by molar-refractivity contribution is -0.121. The summed E-state index contributed by atoms with van der Waals surface area (Å²) in [6, 6.07) is 0. The second-order valence-corrected chi connectivity index (χ2v) is 4.12. The van der Waals surface area contributed by atoms with E-state index in [-0.39, 0.29) is 17.3 Å². The molecule has 3 unspecified atom stereocenters. The van der Waals surface area contributed by atoms with Crippen LogP contribution in [-0.4, -0.2) is 11.9 Å². The predicted octanol–water partition coefficient (Wildman–Crippen LogP) is 2.07. The van der Waals surface area contributed by atoms with Crippen molar-refractivity contribution in [2.24, 2.45) is 11.3 Å².